The summed E-state index contributed by atoms with van der Waals surface area (Å²) in [6, 6.07) is 14.2. The van der Waals surface area contributed by atoms with Crippen LogP contribution in [-0.2, 0) is 11.2 Å². The van der Waals surface area contributed by atoms with Crippen molar-refractivity contribution in [2.24, 2.45) is 5.92 Å². The van der Waals surface area contributed by atoms with Gasteiger partial charge in [-0.1, -0.05) is 50.2 Å². The highest BCUT2D eigenvalue weighted by Crippen LogP contribution is 2.20. The predicted octanol–water partition coefficient (Wildman–Crippen LogP) is 4.50. The third-order valence-electron chi connectivity index (χ3n) is 5.99. The number of aryl methyl sites for hydroxylation is 1. The number of likely N-dealkylation sites (tertiary alicyclic amines) is 1. The van der Waals surface area contributed by atoms with Crippen LogP contribution < -0.4 is 10.6 Å². The molecule has 2 atom stereocenters. The second-order valence-corrected chi connectivity index (χ2v) is 10.1. The second-order valence-electron chi connectivity index (χ2n) is 9.16. The number of hydrogen-bond donors (Lipinski definition) is 2. The summed E-state index contributed by atoms with van der Waals surface area (Å²) in [7, 11) is 0. The van der Waals surface area contributed by atoms with Crippen molar-refractivity contribution in [3.05, 3.63) is 58.3 Å². The van der Waals surface area contributed by atoms with Gasteiger partial charge in [-0.3, -0.25) is 14.5 Å². The van der Waals surface area contributed by atoms with E-state index in [1.807, 2.05) is 23.6 Å². The standard InChI is InChI=1S/C26H37N3O2S/c1-20(2)18-22(28-26(31)24-14-9-17-32-24)19-29-16-8-13-23(29)25(30)27-15-7-6-12-21-10-4-3-5-11-21/h3-5,9-11,14,17,20,22-23H,6-8,12-13,15-16,18-19H2,1-2H3,(H,27,30)(H,28,31)/t22-,23-/m0/s1. The molecular weight excluding hydrogens is 418 g/mol. The molecule has 1 aromatic heterocycles. The highest BCUT2D eigenvalue weighted by Gasteiger charge is 2.32. The first kappa shape index (κ1) is 24.5. The van der Waals surface area contributed by atoms with Gasteiger partial charge in [-0.05, 0) is 68.0 Å². The van der Waals surface area contributed by atoms with E-state index in [-0.39, 0.29) is 23.9 Å². The second kappa shape index (κ2) is 12.8. The zero-order valence-corrected chi connectivity index (χ0v) is 20.2. The molecule has 0 aliphatic carbocycles. The molecule has 6 heteroatoms. The van der Waals surface area contributed by atoms with E-state index in [0.717, 1.165) is 63.0 Å². The summed E-state index contributed by atoms with van der Waals surface area (Å²) in [6.45, 7) is 6.71. The summed E-state index contributed by atoms with van der Waals surface area (Å²) in [5.74, 6) is 0.600. The van der Waals surface area contributed by atoms with Gasteiger partial charge in [0.2, 0.25) is 5.91 Å². The van der Waals surface area contributed by atoms with Gasteiger partial charge in [-0.2, -0.15) is 0 Å². The topological polar surface area (TPSA) is 61.4 Å². The lowest BCUT2D eigenvalue weighted by Gasteiger charge is -2.29. The van der Waals surface area contributed by atoms with Gasteiger partial charge < -0.3 is 10.6 Å². The normalized spacial score (nSPS) is 17.4. The first-order chi connectivity index (χ1) is 15.5. The Morgan fingerprint density at radius 1 is 1.12 bits per heavy atom. The number of carbonyl (C=O) groups is 2. The molecule has 0 unspecified atom stereocenters. The molecule has 32 heavy (non-hydrogen) atoms. The number of carbonyl (C=O) groups excluding carboxylic acids is 2. The average molecular weight is 456 g/mol. The van der Waals surface area contributed by atoms with Crippen molar-refractivity contribution in [3.63, 3.8) is 0 Å². The molecule has 3 rings (SSSR count). The van der Waals surface area contributed by atoms with Crippen LogP contribution >= 0.6 is 11.3 Å². The first-order valence-electron chi connectivity index (χ1n) is 11.9. The molecule has 5 nitrogen and oxygen atoms in total. The Balaban J connectivity index is 1.45. The van der Waals surface area contributed by atoms with E-state index in [1.54, 1.807) is 0 Å². The minimum Gasteiger partial charge on any atom is -0.355 e. The number of nitrogens with zero attached hydrogens (tertiary/aromatic N) is 1. The molecule has 1 aromatic carbocycles. The van der Waals surface area contributed by atoms with Crippen LogP contribution in [0.5, 0.6) is 0 Å². The van der Waals surface area contributed by atoms with Crippen molar-refractivity contribution in [1.29, 1.82) is 0 Å². The van der Waals surface area contributed by atoms with Gasteiger partial charge in [0.15, 0.2) is 0 Å². The van der Waals surface area contributed by atoms with E-state index in [0.29, 0.717) is 5.92 Å². The molecule has 1 aliphatic heterocycles. The molecule has 2 N–H and O–H groups in total. The van der Waals surface area contributed by atoms with Crippen molar-refractivity contribution >= 4 is 23.2 Å². The van der Waals surface area contributed by atoms with Crippen LogP contribution in [0.4, 0.5) is 0 Å². The molecular formula is C26H37N3O2S. The Bertz CT molecular complexity index is 823. The van der Waals surface area contributed by atoms with Crippen LogP contribution in [-0.4, -0.2) is 48.4 Å². The molecule has 174 valence electrons. The fourth-order valence-electron chi connectivity index (χ4n) is 4.47. The Morgan fingerprint density at radius 3 is 2.66 bits per heavy atom. The third-order valence-corrected chi connectivity index (χ3v) is 6.86. The summed E-state index contributed by atoms with van der Waals surface area (Å²) in [5, 5.41) is 8.29. The zero-order chi connectivity index (χ0) is 22.8. The largest absolute Gasteiger partial charge is 0.355 e. The smallest absolute Gasteiger partial charge is 0.261 e. The number of benzene rings is 1. The summed E-state index contributed by atoms with van der Waals surface area (Å²) >= 11 is 1.46. The van der Waals surface area contributed by atoms with Crippen LogP contribution in [0.1, 0.15) is 61.2 Å². The van der Waals surface area contributed by atoms with E-state index in [9.17, 15) is 9.59 Å². The molecule has 0 spiro atoms. The maximum atomic E-state index is 12.9. The van der Waals surface area contributed by atoms with E-state index >= 15 is 0 Å². The number of hydrogen-bond acceptors (Lipinski definition) is 4. The summed E-state index contributed by atoms with van der Waals surface area (Å²) < 4.78 is 0. The summed E-state index contributed by atoms with van der Waals surface area (Å²) in [4.78, 5) is 28.5. The highest BCUT2D eigenvalue weighted by atomic mass is 32.1. The fraction of sp³-hybridized carbons (Fsp3) is 0.538. The van der Waals surface area contributed by atoms with Gasteiger partial charge >= 0.3 is 0 Å². The van der Waals surface area contributed by atoms with E-state index in [4.69, 9.17) is 0 Å². The summed E-state index contributed by atoms with van der Waals surface area (Å²) in [5.41, 5.74) is 1.35. The molecule has 0 saturated carbocycles. The zero-order valence-electron chi connectivity index (χ0n) is 19.4. The number of rotatable bonds is 12. The number of nitrogens with one attached hydrogen (secondary N) is 2. The molecule has 2 amide bonds. The number of unbranched alkanes of at least 4 members (excludes halogenated alkanes) is 1. The molecule has 1 fully saturated rings. The Kier molecular flexibility index (Phi) is 9.75. The van der Waals surface area contributed by atoms with Gasteiger partial charge in [0.05, 0.1) is 10.9 Å². The maximum Gasteiger partial charge on any atom is 0.261 e. The Hall–Kier alpha value is -2.18. The Morgan fingerprint density at radius 2 is 1.94 bits per heavy atom. The van der Waals surface area contributed by atoms with Gasteiger partial charge in [-0.15, -0.1) is 11.3 Å². The quantitative estimate of drug-likeness (QED) is 0.464. The van der Waals surface area contributed by atoms with Crippen molar-refractivity contribution in [2.75, 3.05) is 19.6 Å². The lowest BCUT2D eigenvalue weighted by atomic mass is 10.0. The minimum atomic E-state index is -0.0857. The maximum absolute atomic E-state index is 12.9. The van der Waals surface area contributed by atoms with Gasteiger partial charge in [-0.25, -0.2) is 0 Å². The van der Waals surface area contributed by atoms with Crippen LogP contribution in [0, 0.1) is 5.92 Å². The van der Waals surface area contributed by atoms with Crippen molar-refractivity contribution in [2.45, 2.75) is 64.5 Å². The number of thiophene rings is 1. The lowest BCUT2D eigenvalue weighted by Crippen LogP contribution is -2.50. The van der Waals surface area contributed by atoms with Crippen LogP contribution in [0.15, 0.2) is 47.8 Å². The lowest BCUT2D eigenvalue weighted by molar-refractivity contribution is -0.125. The average Bonchev–Trinajstić information content (AvgIpc) is 3.46. The van der Waals surface area contributed by atoms with Gasteiger partial charge in [0.25, 0.3) is 5.91 Å². The predicted molar refractivity (Wildman–Crippen MR) is 132 cm³/mol. The van der Waals surface area contributed by atoms with Crippen LogP contribution in [0.25, 0.3) is 0 Å². The molecule has 1 saturated heterocycles. The van der Waals surface area contributed by atoms with Crippen molar-refractivity contribution in [1.82, 2.24) is 15.5 Å². The van der Waals surface area contributed by atoms with E-state index in [1.165, 1.54) is 16.9 Å². The highest BCUT2D eigenvalue weighted by molar-refractivity contribution is 7.12. The van der Waals surface area contributed by atoms with Crippen molar-refractivity contribution in [3.8, 4) is 0 Å². The van der Waals surface area contributed by atoms with Crippen LogP contribution in [0.2, 0.25) is 0 Å². The molecule has 2 heterocycles. The SMILES string of the molecule is CC(C)C[C@@H](CN1CCC[C@H]1C(=O)NCCCCc1ccccc1)NC(=O)c1cccs1. The first-order valence-corrected chi connectivity index (χ1v) is 12.8. The molecule has 0 radical (unpaired) electrons. The minimum absolute atomic E-state index is 0.00994. The van der Waals surface area contributed by atoms with Gasteiger partial charge in [0.1, 0.15) is 0 Å². The van der Waals surface area contributed by atoms with E-state index in [2.05, 4.69) is 53.6 Å². The van der Waals surface area contributed by atoms with Crippen LogP contribution in [0.3, 0.4) is 0 Å². The third kappa shape index (κ3) is 7.75. The van der Waals surface area contributed by atoms with E-state index < -0.39 is 0 Å². The summed E-state index contributed by atoms with van der Waals surface area (Å²) in [6.07, 6.45) is 5.93. The fourth-order valence-corrected chi connectivity index (χ4v) is 5.09. The monoisotopic (exact) mass is 455 g/mol. The molecule has 2 aromatic rings. The number of amides is 2. The van der Waals surface area contributed by atoms with Gasteiger partial charge in [0, 0.05) is 19.1 Å². The Labute approximate surface area is 196 Å². The van der Waals surface area contributed by atoms with Crippen molar-refractivity contribution < 1.29 is 9.59 Å². The molecule has 0 bridgehead atoms. The molecule has 1 aliphatic rings.